The van der Waals surface area contributed by atoms with Crippen molar-refractivity contribution in [1.82, 2.24) is 5.32 Å². The van der Waals surface area contributed by atoms with Crippen LogP contribution in [0.4, 0.5) is 0 Å². The fourth-order valence-electron chi connectivity index (χ4n) is 3.31. The lowest BCUT2D eigenvalue weighted by Crippen LogP contribution is -2.40. The molecule has 0 saturated heterocycles. The van der Waals surface area contributed by atoms with Crippen LogP contribution in [0.1, 0.15) is 44.1 Å². The molecule has 0 aromatic heterocycles. The summed E-state index contributed by atoms with van der Waals surface area (Å²) in [6.45, 7) is 0. The van der Waals surface area contributed by atoms with Gasteiger partial charge in [-0.3, -0.25) is 9.59 Å². The minimum Gasteiger partial charge on any atom is -0.481 e. The molecule has 112 valence electrons. The first-order valence-corrected chi connectivity index (χ1v) is 7.71. The molecule has 0 aliphatic heterocycles. The first kappa shape index (κ1) is 14.1. The Hall–Kier alpha value is -1.84. The van der Waals surface area contributed by atoms with Gasteiger partial charge in [-0.1, -0.05) is 30.3 Å². The highest BCUT2D eigenvalue weighted by molar-refractivity contribution is 5.80. The molecule has 0 unspecified atom stereocenters. The van der Waals surface area contributed by atoms with Crippen LogP contribution in [-0.2, 0) is 15.1 Å². The molecule has 2 fully saturated rings. The first-order chi connectivity index (χ1) is 10.1. The van der Waals surface area contributed by atoms with E-state index in [0.29, 0.717) is 25.7 Å². The number of hydrogen-bond donors (Lipinski definition) is 2. The Morgan fingerprint density at radius 2 is 1.57 bits per heavy atom. The van der Waals surface area contributed by atoms with E-state index < -0.39 is 5.97 Å². The Labute approximate surface area is 124 Å². The van der Waals surface area contributed by atoms with Crippen molar-refractivity contribution in [2.24, 2.45) is 11.8 Å². The summed E-state index contributed by atoms with van der Waals surface area (Å²) >= 11 is 0. The van der Waals surface area contributed by atoms with Gasteiger partial charge in [0.1, 0.15) is 0 Å². The quantitative estimate of drug-likeness (QED) is 0.894. The van der Waals surface area contributed by atoms with Crippen LogP contribution >= 0.6 is 0 Å². The van der Waals surface area contributed by atoms with Crippen molar-refractivity contribution in [1.29, 1.82) is 0 Å². The van der Waals surface area contributed by atoms with Gasteiger partial charge >= 0.3 is 5.97 Å². The standard InChI is InChI=1S/C17H21NO3/c19-15(12-6-8-13(9-7-12)16(20)21)18-17(10-11-17)14-4-2-1-3-5-14/h1-5,12-13H,6-11H2,(H,18,19)(H,20,21). The second-order valence-corrected chi connectivity index (χ2v) is 6.32. The Balaban J connectivity index is 1.59. The van der Waals surface area contributed by atoms with Crippen molar-refractivity contribution >= 4 is 11.9 Å². The fourth-order valence-corrected chi connectivity index (χ4v) is 3.31. The number of rotatable bonds is 4. The minimum absolute atomic E-state index is 0.0261. The molecule has 1 aromatic rings. The number of carbonyl (C=O) groups excluding carboxylic acids is 1. The molecule has 0 bridgehead atoms. The van der Waals surface area contributed by atoms with Crippen LogP contribution in [0.5, 0.6) is 0 Å². The number of nitrogens with one attached hydrogen (secondary N) is 1. The van der Waals surface area contributed by atoms with Crippen molar-refractivity contribution in [2.75, 3.05) is 0 Å². The lowest BCUT2D eigenvalue weighted by Gasteiger charge is -2.27. The Morgan fingerprint density at radius 3 is 2.10 bits per heavy atom. The highest BCUT2D eigenvalue weighted by atomic mass is 16.4. The Bertz CT molecular complexity index is 528. The summed E-state index contributed by atoms with van der Waals surface area (Å²) in [4.78, 5) is 23.4. The molecule has 1 amide bonds. The summed E-state index contributed by atoms with van der Waals surface area (Å²) in [5.74, 6) is -0.920. The van der Waals surface area contributed by atoms with Crippen LogP contribution < -0.4 is 5.32 Å². The number of carboxylic acid groups (broad SMARTS) is 1. The number of benzene rings is 1. The molecule has 0 radical (unpaired) electrons. The third kappa shape index (κ3) is 2.94. The van der Waals surface area contributed by atoms with Crippen LogP contribution in [0.3, 0.4) is 0 Å². The van der Waals surface area contributed by atoms with E-state index in [2.05, 4.69) is 17.4 Å². The van der Waals surface area contributed by atoms with Crippen molar-refractivity contribution in [3.8, 4) is 0 Å². The largest absolute Gasteiger partial charge is 0.481 e. The van der Waals surface area contributed by atoms with Crippen molar-refractivity contribution in [2.45, 2.75) is 44.1 Å². The second-order valence-electron chi connectivity index (χ2n) is 6.32. The molecular weight excluding hydrogens is 266 g/mol. The zero-order chi connectivity index (χ0) is 14.9. The van der Waals surface area contributed by atoms with Gasteiger partial charge in [0.25, 0.3) is 0 Å². The Kier molecular flexibility index (Phi) is 3.70. The van der Waals surface area contributed by atoms with Gasteiger partial charge in [-0.2, -0.15) is 0 Å². The molecular formula is C17H21NO3. The van der Waals surface area contributed by atoms with Gasteiger partial charge in [-0.05, 0) is 44.1 Å². The van der Waals surface area contributed by atoms with Gasteiger partial charge < -0.3 is 10.4 Å². The molecule has 2 aliphatic rings. The summed E-state index contributed by atoms with van der Waals surface area (Å²) in [6.07, 6.45) is 4.60. The molecule has 1 aromatic carbocycles. The smallest absolute Gasteiger partial charge is 0.306 e. The van der Waals surface area contributed by atoms with Gasteiger partial charge in [0, 0.05) is 5.92 Å². The lowest BCUT2D eigenvalue weighted by molar-refractivity contribution is -0.144. The average molecular weight is 287 g/mol. The molecule has 0 spiro atoms. The zero-order valence-electron chi connectivity index (χ0n) is 12.0. The van der Waals surface area contributed by atoms with Gasteiger partial charge in [-0.25, -0.2) is 0 Å². The van der Waals surface area contributed by atoms with Gasteiger partial charge in [-0.15, -0.1) is 0 Å². The van der Waals surface area contributed by atoms with E-state index in [0.717, 1.165) is 12.8 Å². The van der Waals surface area contributed by atoms with Crippen LogP contribution in [-0.4, -0.2) is 17.0 Å². The summed E-state index contributed by atoms with van der Waals surface area (Å²) < 4.78 is 0. The van der Waals surface area contributed by atoms with E-state index in [-0.39, 0.29) is 23.3 Å². The van der Waals surface area contributed by atoms with Crippen molar-refractivity contribution in [3.63, 3.8) is 0 Å². The number of amides is 1. The molecule has 0 heterocycles. The van der Waals surface area contributed by atoms with E-state index in [9.17, 15) is 9.59 Å². The number of hydrogen-bond acceptors (Lipinski definition) is 2. The Morgan fingerprint density at radius 1 is 1.00 bits per heavy atom. The summed E-state index contributed by atoms with van der Waals surface area (Å²) in [6, 6.07) is 10.1. The first-order valence-electron chi connectivity index (χ1n) is 7.71. The minimum atomic E-state index is -0.725. The summed E-state index contributed by atoms with van der Waals surface area (Å²) in [5.41, 5.74) is 1.01. The van der Waals surface area contributed by atoms with Crippen LogP contribution in [0.15, 0.2) is 30.3 Å². The maximum atomic E-state index is 12.4. The van der Waals surface area contributed by atoms with E-state index >= 15 is 0 Å². The van der Waals surface area contributed by atoms with Gasteiger partial charge in [0.2, 0.25) is 5.91 Å². The van der Waals surface area contributed by atoms with E-state index in [1.807, 2.05) is 18.2 Å². The highest BCUT2D eigenvalue weighted by Crippen LogP contribution is 2.46. The van der Waals surface area contributed by atoms with Crippen molar-refractivity contribution < 1.29 is 14.7 Å². The van der Waals surface area contributed by atoms with E-state index in [1.165, 1.54) is 5.56 Å². The summed E-state index contributed by atoms with van der Waals surface area (Å²) in [5, 5.41) is 12.2. The monoisotopic (exact) mass is 287 g/mol. The molecule has 3 rings (SSSR count). The van der Waals surface area contributed by atoms with E-state index in [1.54, 1.807) is 0 Å². The topological polar surface area (TPSA) is 66.4 Å². The lowest BCUT2D eigenvalue weighted by atomic mass is 9.81. The molecule has 4 heteroatoms. The molecule has 4 nitrogen and oxygen atoms in total. The molecule has 2 saturated carbocycles. The average Bonchev–Trinajstić information content (AvgIpc) is 3.29. The van der Waals surface area contributed by atoms with E-state index in [4.69, 9.17) is 5.11 Å². The maximum absolute atomic E-state index is 12.4. The third-order valence-electron chi connectivity index (χ3n) is 4.89. The highest BCUT2D eigenvalue weighted by Gasteiger charge is 2.46. The van der Waals surface area contributed by atoms with Crippen LogP contribution in [0.25, 0.3) is 0 Å². The van der Waals surface area contributed by atoms with Crippen LogP contribution in [0.2, 0.25) is 0 Å². The fraction of sp³-hybridized carbons (Fsp3) is 0.529. The van der Waals surface area contributed by atoms with Gasteiger partial charge in [0.15, 0.2) is 0 Å². The zero-order valence-corrected chi connectivity index (χ0v) is 12.0. The predicted octanol–water partition coefficient (Wildman–Crippen LogP) is 2.68. The molecule has 21 heavy (non-hydrogen) atoms. The van der Waals surface area contributed by atoms with Crippen molar-refractivity contribution in [3.05, 3.63) is 35.9 Å². The number of carboxylic acids is 1. The number of aliphatic carboxylic acids is 1. The third-order valence-corrected chi connectivity index (χ3v) is 4.89. The number of carbonyl (C=O) groups is 2. The molecule has 2 aliphatic carbocycles. The SMILES string of the molecule is O=C(O)C1CCC(C(=O)NC2(c3ccccc3)CC2)CC1. The normalized spacial score (nSPS) is 26.9. The molecule has 0 atom stereocenters. The molecule has 2 N–H and O–H groups in total. The maximum Gasteiger partial charge on any atom is 0.306 e. The van der Waals surface area contributed by atoms with Crippen LogP contribution in [0, 0.1) is 11.8 Å². The summed E-state index contributed by atoms with van der Waals surface area (Å²) in [7, 11) is 0. The predicted molar refractivity (Wildman–Crippen MR) is 78.6 cm³/mol. The van der Waals surface area contributed by atoms with Gasteiger partial charge in [0.05, 0.1) is 11.5 Å². The second kappa shape index (κ2) is 5.51.